The van der Waals surface area contributed by atoms with E-state index in [0.717, 1.165) is 18.4 Å². The van der Waals surface area contributed by atoms with Gasteiger partial charge in [-0.05, 0) is 55.9 Å². The van der Waals surface area contributed by atoms with Crippen molar-refractivity contribution in [3.05, 3.63) is 0 Å². The van der Waals surface area contributed by atoms with Crippen LogP contribution in [-0.4, -0.2) is 37.1 Å². The summed E-state index contributed by atoms with van der Waals surface area (Å²) in [6.07, 6.45) is 7.14. The van der Waals surface area contributed by atoms with Crippen molar-refractivity contribution >= 4 is 0 Å². The molecule has 0 aromatic rings. The highest BCUT2D eigenvalue weighted by atomic mass is 15.2. The molecule has 19 heavy (non-hydrogen) atoms. The van der Waals surface area contributed by atoms with Gasteiger partial charge >= 0.3 is 0 Å². The lowest BCUT2D eigenvalue weighted by Crippen LogP contribution is -2.49. The van der Waals surface area contributed by atoms with Crippen LogP contribution < -0.4 is 5.32 Å². The summed E-state index contributed by atoms with van der Waals surface area (Å²) in [6, 6.07) is 0.630. The Labute approximate surface area is 120 Å². The van der Waals surface area contributed by atoms with Gasteiger partial charge in [0, 0.05) is 25.7 Å². The maximum atomic E-state index is 3.79. The molecular weight excluding hydrogens is 232 g/mol. The number of hydrogen-bond donors (Lipinski definition) is 1. The molecule has 0 heterocycles. The fraction of sp³-hybridized carbons (Fsp3) is 1.00. The van der Waals surface area contributed by atoms with E-state index in [0.29, 0.717) is 11.5 Å². The summed E-state index contributed by atoms with van der Waals surface area (Å²) in [5.41, 5.74) is 0.362. The summed E-state index contributed by atoms with van der Waals surface area (Å²) in [4.78, 5) is 2.77. The van der Waals surface area contributed by atoms with E-state index in [1.165, 1.54) is 51.7 Å². The Balaban J connectivity index is 1.85. The molecule has 0 bridgehead atoms. The first kappa shape index (κ1) is 15.3. The molecule has 1 N–H and O–H groups in total. The highest BCUT2D eigenvalue weighted by Crippen LogP contribution is 2.34. The standard InChI is InChI=1S/C17H34N2/c1-5-10-18-16(17(2,3)4)13-19(11-14-6-7-14)12-15-8-9-15/h14-16,18H,5-13H2,1-4H3. The van der Waals surface area contributed by atoms with Crippen molar-refractivity contribution in [2.24, 2.45) is 17.3 Å². The van der Waals surface area contributed by atoms with Gasteiger partial charge in [-0.2, -0.15) is 0 Å². The normalized spacial score (nSPS) is 21.9. The molecule has 2 aliphatic rings. The number of nitrogens with zero attached hydrogens (tertiary/aromatic N) is 1. The minimum atomic E-state index is 0.362. The van der Waals surface area contributed by atoms with Crippen LogP contribution in [-0.2, 0) is 0 Å². The van der Waals surface area contributed by atoms with Crippen molar-refractivity contribution in [2.75, 3.05) is 26.2 Å². The molecule has 2 heteroatoms. The number of rotatable bonds is 9. The average molecular weight is 266 g/mol. The van der Waals surface area contributed by atoms with Crippen LogP contribution in [0.3, 0.4) is 0 Å². The van der Waals surface area contributed by atoms with Gasteiger partial charge in [-0.15, -0.1) is 0 Å². The summed E-state index contributed by atoms with van der Waals surface area (Å²) < 4.78 is 0. The zero-order chi connectivity index (χ0) is 13.9. The Hall–Kier alpha value is -0.0800. The molecule has 1 atom stereocenters. The first-order valence-electron chi connectivity index (χ1n) is 8.44. The maximum absolute atomic E-state index is 3.79. The minimum absolute atomic E-state index is 0.362. The van der Waals surface area contributed by atoms with Gasteiger partial charge in [0.05, 0.1) is 0 Å². The second-order valence-electron chi connectivity index (χ2n) is 7.98. The molecule has 0 amide bonds. The molecule has 2 saturated carbocycles. The molecule has 0 spiro atoms. The van der Waals surface area contributed by atoms with Crippen molar-refractivity contribution in [3.63, 3.8) is 0 Å². The fourth-order valence-corrected chi connectivity index (χ4v) is 2.78. The maximum Gasteiger partial charge on any atom is 0.0243 e. The Bertz CT molecular complexity index is 247. The minimum Gasteiger partial charge on any atom is -0.312 e. The topological polar surface area (TPSA) is 15.3 Å². The van der Waals surface area contributed by atoms with Gasteiger partial charge in [0.15, 0.2) is 0 Å². The van der Waals surface area contributed by atoms with E-state index in [2.05, 4.69) is 37.9 Å². The van der Waals surface area contributed by atoms with Crippen LogP contribution in [0.1, 0.15) is 59.8 Å². The van der Waals surface area contributed by atoms with Gasteiger partial charge in [-0.3, -0.25) is 0 Å². The van der Waals surface area contributed by atoms with Crippen LogP contribution in [0.4, 0.5) is 0 Å². The van der Waals surface area contributed by atoms with Gasteiger partial charge in [-0.25, -0.2) is 0 Å². The number of nitrogens with one attached hydrogen (secondary N) is 1. The zero-order valence-electron chi connectivity index (χ0n) is 13.5. The third kappa shape index (κ3) is 5.83. The van der Waals surface area contributed by atoms with Crippen LogP contribution in [0.2, 0.25) is 0 Å². The Morgan fingerprint density at radius 3 is 1.95 bits per heavy atom. The first-order chi connectivity index (χ1) is 8.99. The van der Waals surface area contributed by atoms with Crippen LogP contribution in [0, 0.1) is 17.3 Å². The van der Waals surface area contributed by atoms with E-state index in [9.17, 15) is 0 Å². The van der Waals surface area contributed by atoms with Crippen molar-refractivity contribution < 1.29 is 0 Å². The highest BCUT2D eigenvalue weighted by molar-refractivity contribution is 4.88. The molecule has 0 aliphatic heterocycles. The van der Waals surface area contributed by atoms with E-state index in [4.69, 9.17) is 0 Å². The van der Waals surface area contributed by atoms with Gasteiger partial charge < -0.3 is 10.2 Å². The Morgan fingerprint density at radius 1 is 1.05 bits per heavy atom. The molecule has 1 unspecified atom stereocenters. The smallest absolute Gasteiger partial charge is 0.0243 e. The van der Waals surface area contributed by atoms with Crippen LogP contribution >= 0.6 is 0 Å². The number of hydrogen-bond acceptors (Lipinski definition) is 2. The van der Waals surface area contributed by atoms with Crippen molar-refractivity contribution in [2.45, 2.75) is 65.8 Å². The monoisotopic (exact) mass is 266 g/mol. The molecular formula is C17H34N2. The van der Waals surface area contributed by atoms with E-state index in [1.807, 2.05) is 0 Å². The van der Waals surface area contributed by atoms with Crippen molar-refractivity contribution in [1.29, 1.82) is 0 Å². The summed E-state index contributed by atoms with van der Waals surface area (Å²) in [7, 11) is 0. The molecule has 0 aromatic carbocycles. The Kier molecular flexibility index (Phi) is 5.30. The molecule has 0 saturated heterocycles. The van der Waals surface area contributed by atoms with Crippen LogP contribution in [0.5, 0.6) is 0 Å². The average Bonchev–Trinajstić information content (AvgIpc) is 3.17. The molecule has 2 fully saturated rings. The lowest BCUT2D eigenvalue weighted by molar-refractivity contribution is 0.163. The third-order valence-corrected chi connectivity index (χ3v) is 4.55. The lowest BCUT2D eigenvalue weighted by Gasteiger charge is -2.36. The van der Waals surface area contributed by atoms with E-state index in [1.54, 1.807) is 0 Å². The van der Waals surface area contributed by atoms with Crippen LogP contribution in [0.25, 0.3) is 0 Å². The molecule has 112 valence electrons. The summed E-state index contributed by atoms with van der Waals surface area (Å²) in [5.74, 6) is 2.04. The molecule has 2 rings (SSSR count). The van der Waals surface area contributed by atoms with Crippen molar-refractivity contribution in [3.8, 4) is 0 Å². The predicted molar refractivity (Wildman–Crippen MR) is 83.4 cm³/mol. The fourth-order valence-electron chi connectivity index (χ4n) is 2.78. The van der Waals surface area contributed by atoms with Crippen LogP contribution in [0.15, 0.2) is 0 Å². The quantitative estimate of drug-likeness (QED) is 0.687. The molecule has 0 aromatic heterocycles. The zero-order valence-corrected chi connectivity index (χ0v) is 13.5. The lowest BCUT2D eigenvalue weighted by atomic mass is 9.86. The SMILES string of the molecule is CCCNC(CN(CC1CC1)CC1CC1)C(C)(C)C. The first-order valence-corrected chi connectivity index (χ1v) is 8.44. The molecule has 2 nitrogen and oxygen atoms in total. The van der Waals surface area contributed by atoms with Gasteiger partial charge in [0.2, 0.25) is 0 Å². The van der Waals surface area contributed by atoms with E-state index >= 15 is 0 Å². The highest BCUT2D eigenvalue weighted by Gasteiger charge is 2.32. The largest absolute Gasteiger partial charge is 0.312 e. The van der Waals surface area contributed by atoms with E-state index < -0.39 is 0 Å². The molecule has 0 radical (unpaired) electrons. The van der Waals surface area contributed by atoms with Gasteiger partial charge in [-0.1, -0.05) is 27.7 Å². The third-order valence-electron chi connectivity index (χ3n) is 4.55. The Morgan fingerprint density at radius 2 is 1.58 bits per heavy atom. The second kappa shape index (κ2) is 6.58. The summed E-state index contributed by atoms with van der Waals surface area (Å²) in [5, 5.41) is 3.79. The second-order valence-corrected chi connectivity index (χ2v) is 7.98. The predicted octanol–water partition coefficient (Wildman–Crippen LogP) is 3.52. The van der Waals surface area contributed by atoms with Gasteiger partial charge in [0.25, 0.3) is 0 Å². The summed E-state index contributed by atoms with van der Waals surface area (Å²) >= 11 is 0. The van der Waals surface area contributed by atoms with Gasteiger partial charge in [0.1, 0.15) is 0 Å². The molecule has 2 aliphatic carbocycles. The summed E-state index contributed by atoms with van der Waals surface area (Å²) in [6.45, 7) is 14.5. The van der Waals surface area contributed by atoms with Crippen molar-refractivity contribution in [1.82, 2.24) is 10.2 Å². The van der Waals surface area contributed by atoms with E-state index in [-0.39, 0.29) is 0 Å².